The van der Waals surface area contributed by atoms with Gasteiger partial charge in [-0.1, -0.05) is 12.6 Å². The van der Waals surface area contributed by atoms with Crippen molar-refractivity contribution in [1.29, 1.82) is 0 Å². The fourth-order valence-electron chi connectivity index (χ4n) is 0.515. The van der Waals surface area contributed by atoms with E-state index in [9.17, 15) is 0 Å². The predicted octanol–water partition coefficient (Wildman–Crippen LogP) is -1.62. The minimum absolute atomic E-state index is 0. The molecular formula is C7H8KN. The van der Waals surface area contributed by atoms with Crippen molar-refractivity contribution >= 4 is 5.69 Å². The summed E-state index contributed by atoms with van der Waals surface area (Å²) in [4.78, 5) is 0. The molecule has 1 aromatic carbocycles. The molecule has 0 aliphatic carbocycles. The first-order valence-corrected chi connectivity index (χ1v) is 2.53. The first-order valence-electron chi connectivity index (χ1n) is 2.53. The van der Waals surface area contributed by atoms with Crippen LogP contribution in [0.3, 0.4) is 0 Å². The molecule has 0 aliphatic rings. The van der Waals surface area contributed by atoms with Crippen LogP contribution in [0.2, 0.25) is 0 Å². The van der Waals surface area contributed by atoms with Crippen LogP contribution in [0.1, 0.15) is 5.56 Å². The normalized spacial score (nSPS) is 8.11. The molecule has 1 aromatic rings. The third kappa shape index (κ3) is 3.38. The summed E-state index contributed by atoms with van der Waals surface area (Å²) in [6.07, 6.45) is 0. The number of rotatable bonds is 0. The molecule has 0 spiro atoms. The van der Waals surface area contributed by atoms with Crippen molar-refractivity contribution in [3.63, 3.8) is 0 Å². The largest absolute Gasteiger partial charge is 1.00 e. The second-order valence-corrected chi connectivity index (χ2v) is 1.82. The molecule has 2 N–H and O–H groups in total. The van der Waals surface area contributed by atoms with Crippen molar-refractivity contribution in [2.24, 2.45) is 0 Å². The summed E-state index contributed by atoms with van der Waals surface area (Å²) in [6.45, 7) is 2.01. The topological polar surface area (TPSA) is 26.0 Å². The molecule has 0 amide bonds. The van der Waals surface area contributed by atoms with Gasteiger partial charge in [0, 0.05) is 0 Å². The van der Waals surface area contributed by atoms with Crippen molar-refractivity contribution in [3.8, 4) is 0 Å². The fourth-order valence-corrected chi connectivity index (χ4v) is 0.515. The first kappa shape index (κ1) is 9.66. The molecule has 0 aromatic heterocycles. The molecule has 2 heteroatoms. The number of aryl methyl sites for hydroxylation is 1. The number of benzene rings is 1. The Kier molecular flexibility index (Phi) is 4.79. The van der Waals surface area contributed by atoms with E-state index in [4.69, 9.17) is 5.73 Å². The molecular weight excluding hydrogens is 137 g/mol. The molecule has 0 unspecified atom stereocenters. The summed E-state index contributed by atoms with van der Waals surface area (Å²) in [5, 5.41) is 0. The quantitative estimate of drug-likeness (QED) is 0.265. The molecule has 0 saturated heterocycles. The van der Waals surface area contributed by atoms with Gasteiger partial charge >= 0.3 is 51.4 Å². The molecule has 1 nitrogen and oxygen atoms in total. The maximum Gasteiger partial charge on any atom is 1.00 e. The van der Waals surface area contributed by atoms with Gasteiger partial charge in [0.1, 0.15) is 0 Å². The van der Waals surface area contributed by atoms with Crippen LogP contribution < -0.4 is 57.1 Å². The molecule has 1 rings (SSSR count). The summed E-state index contributed by atoms with van der Waals surface area (Å²) < 4.78 is 0. The molecule has 0 aliphatic heterocycles. The van der Waals surface area contributed by atoms with E-state index < -0.39 is 0 Å². The van der Waals surface area contributed by atoms with E-state index in [1.807, 2.05) is 25.1 Å². The van der Waals surface area contributed by atoms with Gasteiger partial charge in [0.15, 0.2) is 0 Å². The molecule has 42 valence electrons. The number of nitrogens with two attached hydrogens (primary N) is 1. The van der Waals surface area contributed by atoms with Crippen LogP contribution >= 0.6 is 0 Å². The van der Waals surface area contributed by atoms with Gasteiger partial charge in [-0.15, -0.1) is 6.07 Å². The number of hydrogen-bond donors (Lipinski definition) is 1. The molecule has 0 radical (unpaired) electrons. The summed E-state index contributed by atoms with van der Waals surface area (Å²) >= 11 is 0. The Morgan fingerprint density at radius 3 is 2.44 bits per heavy atom. The molecule has 0 fully saturated rings. The molecule has 0 bridgehead atoms. The zero-order chi connectivity index (χ0) is 5.98. The van der Waals surface area contributed by atoms with Crippen molar-refractivity contribution in [3.05, 3.63) is 29.8 Å². The summed E-state index contributed by atoms with van der Waals surface area (Å²) in [5.74, 6) is 0. The van der Waals surface area contributed by atoms with Gasteiger partial charge < -0.3 is 5.73 Å². The SMILES string of the molecule is Cc1c[c-]c(N)cc1.[K+]. The third-order valence-electron chi connectivity index (χ3n) is 0.992. The predicted molar refractivity (Wildman–Crippen MR) is 34.4 cm³/mol. The maximum absolute atomic E-state index is 5.37. The summed E-state index contributed by atoms with van der Waals surface area (Å²) in [5.41, 5.74) is 7.27. The Morgan fingerprint density at radius 1 is 1.44 bits per heavy atom. The van der Waals surface area contributed by atoms with E-state index in [0.717, 1.165) is 0 Å². The Labute approximate surface area is 98.1 Å². The van der Waals surface area contributed by atoms with Crippen molar-refractivity contribution in [1.82, 2.24) is 0 Å². The molecule has 9 heavy (non-hydrogen) atoms. The van der Waals surface area contributed by atoms with Crippen LogP contribution in [0.5, 0.6) is 0 Å². The zero-order valence-corrected chi connectivity index (χ0v) is 8.93. The van der Waals surface area contributed by atoms with Gasteiger partial charge in [-0.05, 0) is 0 Å². The van der Waals surface area contributed by atoms with Gasteiger partial charge in [-0.3, -0.25) is 0 Å². The van der Waals surface area contributed by atoms with Gasteiger partial charge in [-0.2, -0.15) is 23.8 Å². The standard InChI is InChI=1S/C7H8N.K/c1-6-2-4-7(8)5-3-6;/h2-4H,8H2,1H3;/q-1;+1. The maximum atomic E-state index is 5.37. The Morgan fingerprint density at radius 2 is 2.11 bits per heavy atom. The molecule has 0 heterocycles. The van der Waals surface area contributed by atoms with E-state index in [1.54, 1.807) is 0 Å². The minimum Gasteiger partial charge on any atom is -0.420 e. The van der Waals surface area contributed by atoms with E-state index in [2.05, 4.69) is 6.07 Å². The second-order valence-electron chi connectivity index (χ2n) is 1.82. The van der Waals surface area contributed by atoms with E-state index in [-0.39, 0.29) is 51.4 Å². The van der Waals surface area contributed by atoms with E-state index in [0.29, 0.717) is 5.69 Å². The third-order valence-corrected chi connectivity index (χ3v) is 0.992. The van der Waals surface area contributed by atoms with Gasteiger partial charge in [0.05, 0.1) is 0 Å². The first-order chi connectivity index (χ1) is 3.79. The monoisotopic (exact) mass is 145 g/mol. The fraction of sp³-hybridized carbons (Fsp3) is 0.143. The van der Waals surface area contributed by atoms with Crippen molar-refractivity contribution in [2.75, 3.05) is 5.73 Å². The van der Waals surface area contributed by atoms with Crippen molar-refractivity contribution < 1.29 is 51.4 Å². The molecule has 0 saturated carbocycles. The zero-order valence-electron chi connectivity index (χ0n) is 5.81. The minimum atomic E-state index is 0. The van der Waals surface area contributed by atoms with Crippen LogP contribution in [0, 0.1) is 13.0 Å². The average Bonchev–Trinajstić information content (AvgIpc) is 1.77. The van der Waals surface area contributed by atoms with Crippen LogP contribution in [-0.4, -0.2) is 0 Å². The average molecular weight is 145 g/mol. The van der Waals surface area contributed by atoms with E-state index >= 15 is 0 Å². The summed E-state index contributed by atoms with van der Waals surface area (Å²) in [7, 11) is 0. The summed E-state index contributed by atoms with van der Waals surface area (Å²) in [6, 6.07) is 8.55. The van der Waals surface area contributed by atoms with Gasteiger partial charge in [0.2, 0.25) is 0 Å². The number of anilines is 1. The van der Waals surface area contributed by atoms with Crippen LogP contribution in [-0.2, 0) is 0 Å². The molecule has 0 atom stereocenters. The van der Waals surface area contributed by atoms with E-state index in [1.165, 1.54) is 5.56 Å². The smallest absolute Gasteiger partial charge is 0.420 e. The number of nitrogen functional groups attached to an aromatic ring is 1. The number of hydrogen-bond acceptors (Lipinski definition) is 1. The Hall–Kier alpha value is 0.656. The Balaban J connectivity index is 0.000000640. The van der Waals surface area contributed by atoms with Crippen LogP contribution in [0.15, 0.2) is 18.2 Å². The second kappa shape index (κ2) is 4.47. The van der Waals surface area contributed by atoms with Gasteiger partial charge in [-0.25, -0.2) is 0 Å². The Bertz CT molecular complexity index is 148. The van der Waals surface area contributed by atoms with Crippen LogP contribution in [0.25, 0.3) is 0 Å². The van der Waals surface area contributed by atoms with Crippen molar-refractivity contribution in [2.45, 2.75) is 6.92 Å². The van der Waals surface area contributed by atoms with Crippen LogP contribution in [0.4, 0.5) is 5.69 Å². The van der Waals surface area contributed by atoms with Gasteiger partial charge in [0.25, 0.3) is 0 Å².